The van der Waals surface area contributed by atoms with Crippen molar-refractivity contribution in [1.29, 1.82) is 0 Å². The number of carboxylic acids is 1. The second kappa shape index (κ2) is 4.73. The summed E-state index contributed by atoms with van der Waals surface area (Å²) in [5.74, 6) is -0.903. The second-order valence-corrected chi connectivity index (χ2v) is 6.31. The van der Waals surface area contributed by atoms with E-state index in [0.717, 1.165) is 6.26 Å². The molecule has 0 aromatic carbocycles. The van der Waals surface area contributed by atoms with Crippen LogP contribution in [0.5, 0.6) is 0 Å². The Labute approximate surface area is 96.7 Å². The lowest BCUT2D eigenvalue weighted by molar-refractivity contribution is -0.138. The Morgan fingerprint density at radius 2 is 2.06 bits per heavy atom. The van der Waals surface area contributed by atoms with Crippen LogP contribution in [0.4, 0.5) is 0 Å². The molecule has 1 aliphatic heterocycles. The number of carbonyl (C=O) groups is 1. The Bertz CT molecular complexity index is 372. The van der Waals surface area contributed by atoms with E-state index >= 15 is 0 Å². The zero-order valence-electron chi connectivity index (χ0n) is 9.75. The average molecular weight is 248 g/mol. The van der Waals surface area contributed by atoms with Crippen LogP contribution < -0.4 is 0 Å². The topological polar surface area (TPSA) is 77.9 Å². The molecule has 1 aliphatic rings. The molecule has 0 unspecified atom stereocenters. The Morgan fingerprint density at radius 3 is 2.50 bits per heavy atom. The van der Waals surface area contributed by atoms with E-state index in [2.05, 4.69) is 0 Å². The summed E-state index contributed by atoms with van der Waals surface area (Å²) < 4.78 is 24.4. The van der Waals surface area contributed by atoms with Crippen LogP contribution in [0.1, 0.15) is 13.3 Å². The average Bonchev–Trinajstić information content (AvgIpc) is 2.06. The maximum Gasteiger partial charge on any atom is 0.304 e. The number of hydrogen-bond donors (Lipinski definition) is 1. The summed E-state index contributed by atoms with van der Waals surface area (Å²) in [6, 6.07) is -0.353. The molecular formula is C8H17BN2O4S. The van der Waals surface area contributed by atoms with Crippen molar-refractivity contribution in [3.8, 4) is 0 Å². The van der Waals surface area contributed by atoms with Gasteiger partial charge in [-0.2, -0.15) is 4.31 Å². The monoisotopic (exact) mass is 248 g/mol. The minimum atomic E-state index is -3.25. The summed E-state index contributed by atoms with van der Waals surface area (Å²) in [6.45, 7) is 2.64. The van der Waals surface area contributed by atoms with Gasteiger partial charge in [0.2, 0.25) is 10.0 Å². The van der Waals surface area contributed by atoms with Crippen molar-refractivity contribution in [3.05, 3.63) is 0 Å². The largest absolute Gasteiger partial charge is 0.481 e. The zero-order valence-corrected chi connectivity index (χ0v) is 10.6. The number of nitrogens with zero attached hydrogens (tertiary/aromatic N) is 2. The first-order valence-electron chi connectivity index (χ1n) is 5.10. The van der Waals surface area contributed by atoms with Crippen LogP contribution in [0.2, 0.25) is 0 Å². The van der Waals surface area contributed by atoms with Gasteiger partial charge >= 0.3 is 5.97 Å². The fourth-order valence-electron chi connectivity index (χ4n) is 2.07. The Balaban J connectivity index is 2.80. The highest BCUT2D eigenvalue weighted by Crippen LogP contribution is 2.18. The number of piperazine rings is 1. The molecule has 2 atom stereocenters. The third-order valence-corrected chi connectivity index (χ3v) is 4.26. The first-order chi connectivity index (χ1) is 7.21. The summed E-state index contributed by atoms with van der Waals surface area (Å²) in [4.78, 5) is 12.6. The highest BCUT2D eigenvalue weighted by Gasteiger charge is 2.34. The van der Waals surface area contributed by atoms with Crippen LogP contribution in [-0.4, -0.2) is 68.0 Å². The van der Waals surface area contributed by atoms with E-state index in [1.54, 1.807) is 0 Å². The van der Waals surface area contributed by atoms with Gasteiger partial charge in [-0.3, -0.25) is 4.79 Å². The normalized spacial score (nSPS) is 29.1. The lowest BCUT2D eigenvalue weighted by Gasteiger charge is -2.42. The second-order valence-electron chi connectivity index (χ2n) is 4.37. The Morgan fingerprint density at radius 1 is 1.50 bits per heavy atom. The van der Waals surface area contributed by atoms with Gasteiger partial charge in [-0.05, 0) is 6.92 Å². The van der Waals surface area contributed by atoms with Crippen molar-refractivity contribution in [2.45, 2.75) is 25.4 Å². The van der Waals surface area contributed by atoms with Crippen LogP contribution in [0.3, 0.4) is 0 Å². The molecule has 0 saturated carbocycles. The standard InChI is InChI=1S/C8H17BN2O4S/c1-6-4-10(9)7(3-8(12)13)5-11(6)16(2,14)15/h6-7H,3-5,9H2,1-2H3,(H,12,13)/t6-,7-/m0/s1. The number of aliphatic carboxylic acids is 1. The highest BCUT2D eigenvalue weighted by molar-refractivity contribution is 7.88. The molecule has 0 radical (unpaired) electrons. The third kappa shape index (κ3) is 3.20. The molecule has 1 fully saturated rings. The quantitative estimate of drug-likeness (QED) is 0.605. The van der Waals surface area contributed by atoms with Crippen molar-refractivity contribution in [2.75, 3.05) is 19.3 Å². The molecule has 0 aliphatic carbocycles. The van der Waals surface area contributed by atoms with Crippen LogP contribution in [0.25, 0.3) is 0 Å². The molecular weight excluding hydrogens is 231 g/mol. The molecule has 16 heavy (non-hydrogen) atoms. The minimum Gasteiger partial charge on any atom is -0.481 e. The van der Waals surface area contributed by atoms with Crippen molar-refractivity contribution < 1.29 is 18.3 Å². The van der Waals surface area contributed by atoms with Crippen molar-refractivity contribution in [2.24, 2.45) is 0 Å². The van der Waals surface area contributed by atoms with E-state index < -0.39 is 16.0 Å². The van der Waals surface area contributed by atoms with E-state index in [1.807, 2.05) is 19.7 Å². The van der Waals surface area contributed by atoms with Crippen molar-refractivity contribution >= 4 is 24.0 Å². The van der Waals surface area contributed by atoms with Crippen molar-refractivity contribution in [3.63, 3.8) is 0 Å². The maximum absolute atomic E-state index is 11.5. The molecule has 6 nitrogen and oxygen atoms in total. The molecule has 1 saturated heterocycles. The zero-order chi connectivity index (χ0) is 12.5. The molecule has 0 amide bonds. The maximum atomic E-state index is 11.5. The Kier molecular flexibility index (Phi) is 3.98. The number of carboxylic acid groups (broad SMARTS) is 1. The van der Waals surface area contributed by atoms with Crippen LogP contribution in [-0.2, 0) is 14.8 Å². The molecule has 8 heteroatoms. The van der Waals surface area contributed by atoms with Gasteiger partial charge in [0.15, 0.2) is 7.98 Å². The first-order valence-corrected chi connectivity index (χ1v) is 6.95. The SMILES string of the molecule is BN1C[C@H](C)N(S(C)(=O)=O)C[C@@H]1CC(=O)O. The first kappa shape index (κ1) is 13.5. The summed E-state index contributed by atoms with van der Waals surface area (Å²) in [5.41, 5.74) is 0. The van der Waals surface area contributed by atoms with E-state index in [9.17, 15) is 13.2 Å². The molecule has 0 aromatic heterocycles. The third-order valence-electron chi connectivity index (χ3n) is 2.89. The minimum absolute atomic E-state index is 0.0325. The summed E-state index contributed by atoms with van der Waals surface area (Å²) in [6.07, 6.45) is 1.13. The summed E-state index contributed by atoms with van der Waals surface area (Å²) in [5, 5.41) is 8.74. The fourth-order valence-corrected chi connectivity index (χ4v) is 3.23. The van der Waals surface area contributed by atoms with Gasteiger partial charge in [-0.1, -0.05) is 0 Å². The van der Waals surface area contributed by atoms with Gasteiger partial charge in [0.05, 0.1) is 12.7 Å². The van der Waals surface area contributed by atoms with Gasteiger partial charge in [0.1, 0.15) is 0 Å². The van der Waals surface area contributed by atoms with E-state index in [4.69, 9.17) is 5.11 Å². The van der Waals surface area contributed by atoms with Crippen molar-refractivity contribution in [1.82, 2.24) is 9.12 Å². The lowest BCUT2D eigenvalue weighted by atomic mass is 10.0. The molecule has 92 valence electrons. The number of rotatable bonds is 3. The van der Waals surface area contributed by atoms with Crippen LogP contribution >= 0.6 is 0 Å². The van der Waals surface area contributed by atoms with Crippen LogP contribution in [0.15, 0.2) is 0 Å². The molecule has 1 heterocycles. The predicted molar refractivity (Wildman–Crippen MR) is 62.3 cm³/mol. The molecule has 1 N–H and O–H groups in total. The van der Waals surface area contributed by atoms with Gasteiger partial charge in [0.25, 0.3) is 0 Å². The molecule has 0 aromatic rings. The molecule has 1 rings (SSSR count). The van der Waals surface area contributed by atoms with Gasteiger partial charge < -0.3 is 9.92 Å². The number of sulfonamides is 1. The summed E-state index contributed by atoms with van der Waals surface area (Å²) >= 11 is 0. The van der Waals surface area contributed by atoms with Crippen LogP contribution in [0, 0.1) is 0 Å². The smallest absolute Gasteiger partial charge is 0.304 e. The predicted octanol–water partition coefficient (Wildman–Crippen LogP) is -1.66. The van der Waals surface area contributed by atoms with Gasteiger partial charge in [-0.15, -0.1) is 0 Å². The lowest BCUT2D eigenvalue weighted by Crippen LogP contribution is -2.58. The highest BCUT2D eigenvalue weighted by atomic mass is 32.2. The Hall–Kier alpha value is -0.595. The van der Waals surface area contributed by atoms with E-state index in [1.165, 1.54) is 4.31 Å². The van der Waals surface area contributed by atoms with Gasteiger partial charge in [-0.25, -0.2) is 8.42 Å². The molecule has 0 spiro atoms. The number of hydrogen-bond acceptors (Lipinski definition) is 4. The fraction of sp³-hybridized carbons (Fsp3) is 0.875. The van der Waals surface area contributed by atoms with E-state index in [-0.39, 0.29) is 25.0 Å². The summed E-state index contributed by atoms with van der Waals surface area (Å²) in [7, 11) is -1.43. The van der Waals surface area contributed by atoms with Gasteiger partial charge in [0, 0.05) is 25.2 Å². The van der Waals surface area contributed by atoms with E-state index in [0.29, 0.717) is 6.54 Å². The molecule has 0 bridgehead atoms.